The second kappa shape index (κ2) is 5.83. The minimum absolute atomic E-state index is 0.0148. The van der Waals surface area contributed by atoms with E-state index in [0.29, 0.717) is 13.0 Å². The van der Waals surface area contributed by atoms with Crippen LogP contribution in [-0.4, -0.2) is 22.3 Å². The predicted octanol–water partition coefficient (Wildman–Crippen LogP) is 3.34. The highest BCUT2D eigenvalue weighted by Gasteiger charge is 2.31. The molecule has 5 heteroatoms. The van der Waals surface area contributed by atoms with Crippen molar-refractivity contribution in [3.05, 3.63) is 41.6 Å². The van der Waals surface area contributed by atoms with Crippen LogP contribution in [0.4, 0.5) is 5.82 Å². The van der Waals surface area contributed by atoms with E-state index >= 15 is 0 Å². The summed E-state index contributed by atoms with van der Waals surface area (Å²) in [5, 5.41) is 7.41. The highest BCUT2D eigenvalue weighted by Crippen LogP contribution is 2.41. The molecular formula is C17H21N3O2. The number of hydrogen-bond acceptors (Lipinski definition) is 3. The van der Waals surface area contributed by atoms with Crippen LogP contribution in [0.1, 0.15) is 50.3 Å². The molecule has 0 fully saturated rings. The average molecular weight is 299 g/mol. The molecule has 0 saturated heterocycles. The smallest absolute Gasteiger partial charge is 0.226 e. The van der Waals surface area contributed by atoms with E-state index < -0.39 is 0 Å². The fourth-order valence-corrected chi connectivity index (χ4v) is 2.96. The number of nitrogens with zero attached hydrogens (tertiary/aromatic N) is 2. The lowest BCUT2D eigenvalue weighted by atomic mass is 9.87. The number of carbonyl (C=O) groups excluding carboxylic acids is 1. The Bertz CT molecular complexity index is 691. The van der Waals surface area contributed by atoms with Crippen molar-refractivity contribution >= 4 is 11.7 Å². The van der Waals surface area contributed by atoms with Crippen molar-refractivity contribution in [2.24, 2.45) is 0 Å². The molecule has 116 valence electrons. The highest BCUT2D eigenvalue weighted by atomic mass is 16.5. The highest BCUT2D eigenvalue weighted by molar-refractivity contribution is 5.94. The van der Waals surface area contributed by atoms with Crippen LogP contribution in [0.3, 0.4) is 0 Å². The molecule has 3 rings (SSSR count). The van der Waals surface area contributed by atoms with E-state index in [9.17, 15) is 4.79 Å². The van der Waals surface area contributed by atoms with E-state index in [1.54, 1.807) is 0 Å². The molecule has 1 amide bonds. The van der Waals surface area contributed by atoms with Crippen LogP contribution in [0.2, 0.25) is 0 Å². The fraction of sp³-hybridized carbons (Fsp3) is 0.412. The first-order valence-electron chi connectivity index (χ1n) is 7.70. The maximum absolute atomic E-state index is 12.2. The Morgan fingerprint density at radius 1 is 1.36 bits per heavy atom. The molecule has 2 heterocycles. The van der Waals surface area contributed by atoms with Crippen LogP contribution in [0.5, 0.6) is 5.75 Å². The number of carbonyl (C=O) groups is 1. The van der Waals surface area contributed by atoms with Crippen LogP contribution in [0.25, 0.3) is 0 Å². The molecule has 1 aliphatic rings. The van der Waals surface area contributed by atoms with Gasteiger partial charge in [0.15, 0.2) is 0 Å². The Labute approximate surface area is 130 Å². The summed E-state index contributed by atoms with van der Waals surface area (Å²) in [6.45, 7) is 6.68. The molecule has 0 aliphatic carbocycles. The molecule has 1 aromatic carbocycles. The topological polar surface area (TPSA) is 56.1 Å². The third kappa shape index (κ3) is 2.47. The predicted molar refractivity (Wildman–Crippen MR) is 85.3 cm³/mol. The van der Waals surface area contributed by atoms with Crippen LogP contribution >= 0.6 is 0 Å². The second-order valence-electron chi connectivity index (χ2n) is 5.76. The van der Waals surface area contributed by atoms with E-state index in [1.165, 1.54) is 0 Å². The lowest BCUT2D eigenvalue weighted by molar-refractivity contribution is -0.116. The molecule has 1 aromatic heterocycles. The Balaban J connectivity index is 2.08. The minimum Gasteiger partial charge on any atom is -0.494 e. The lowest BCUT2D eigenvalue weighted by Crippen LogP contribution is -2.25. The van der Waals surface area contributed by atoms with Gasteiger partial charge >= 0.3 is 0 Å². The molecule has 0 bridgehead atoms. The van der Waals surface area contributed by atoms with Crippen molar-refractivity contribution in [2.75, 3.05) is 11.9 Å². The Morgan fingerprint density at radius 2 is 2.14 bits per heavy atom. The van der Waals surface area contributed by atoms with E-state index in [1.807, 2.05) is 42.1 Å². The third-order valence-electron chi connectivity index (χ3n) is 3.93. The molecule has 22 heavy (non-hydrogen) atoms. The Morgan fingerprint density at radius 3 is 2.86 bits per heavy atom. The molecule has 0 radical (unpaired) electrons. The molecule has 0 spiro atoms. The minimum atomic E-state index is -0.0148. The van der Waals surface area contributed by atoms with Gasteiger partial charge in [-0.05, 0) is 26.8 Å². The fourth-order valence-electron chi connectivity index (χ4n) is 2.96. The number of para-hydroxylation sites is 1. The number of aromatic nitrogens is 2. The number of hydrogen-bond donors (Lipinski definition) is 1. The number of fused-ring (bicyclic) bond motifs is 1. The van der Waals surface area contributed by atoms with Gasteiger partial charge in [-0.15, -0.1) is 0 Å². The summed E-state index contributed by atoms with van der Waals surface area (Å²) < 4.78 is 7.60. The standard InChI is InChI=1S/C17H21N3O2/c1-4-22-15-8-6-5-7-12(15)13-9-16(21)19-17-14(13)10-18-20(17)11(2)3/h5-8,10-11,13H,4,9H2,1-3H3,(H,19,21)/t13-/m0/s1. The normalized spacial score (nSPS) is 17.3. The molecular weight excluding hydrogens is 278 g/mol. The first kappa shape index (κ1) is 14.6. The summed E-state index contributed by atoms with van der Waals surface area (Å²) in [6, 6.07) is 8.12. The largest absolute Gasteiger partial charge is 0.494 e. The van der Waals surface area contributed by atoms with Crippen LogP contribution in [-0.2, 0) is 4.79 Å². The molecule has 0 unspecified atom stereocenters. The number of benzene rings is 1. The van der Waals surface area contributed by atoms with Crippen LogP contribution in [0, 0.1) is 0 Å². The van der Waals surface area contributed by atoms with Gasteiger partial charge in [0.05, 0.1) is 12.8 Å². The van der Waals surface area contributed by atoms with Crippen LogP contribution < -0.4 is 10.1 Å². The van der Waals surface area contributed by atoms with Crippen molar-refractivity contribution in [3.8, 4) is 5.75 Å². The number of nitrogens with one attached hydrogen (secondary N) is 1. The zero-order valence-corrected chi connectivity index (χ0v) is 13.2. The number of rotatable bonds is 4. The van der Waals surface area contributed by atoms with Gasteiger partial charge in [0.2, 0.25) is 5.91 Å². The third-order valence-corrected chi connectivity index (χ3v) is 3.93. The molecule has 1 N–H and O–H groups in total. The SMILES string of the molecule is CCOc1ccccc1[C@@H]1CC(=O)Nc2c1cnn2C(C)C. The molecule has 2 aromatic rings. The summed E-state index contributed by atoms with van der Waals surface area (Å²) in [6.07, 6.45) is 2.28. The zero-order chi connectivity index (χ0) is 15.7. The number of amides is 1. The maximum atomic E-state index is 12.2. The first-order chi connectivity index (χ1) is 10.6. The molecule has 0 saturated carbocycles. The Kier molecular flexibility index (Phi) is 3.88. The van der Waals surface area contributed by atoms with Crippen molar-refractivity contribution < 1.29 is 9.53 Å². The van der Waals surface area contributed by atoms with Gasteiger partial charge in [-0.2, -0.15) is 5.10 Å². The van der Waals surface area contributed by atoms with E-state index in [4.69, 9.17) is 4.74 Å². The average Bonchev–Trinajstić information content (AvgIpc) is 2.91. The number of anilines is 1. The van der Waals surface area contributed by atoms with Gasteiger partial charge < -0.3 is 10.1 Å². The Hall–Kier alpha value is -2.30. The van der Waals surface area contributed by atoms with Crippen LogP contribution in [0.15, 0.2) is 30.5 Å². The summed E-state index contributed by atoms with van der Waals surface area (Å²) in [4.78, 5) is 12.2. The maximum Gasteiger partial charge on any atom is 0.226 e. The van der Waals surface area contributed by atoms with Crippen molar-refractivity contribution in [1.82, 2.24) is 9.78 Å². The summed E-state index contributed by atoms with van der Waals surface area (Å²) in [5.41, 5.74) is 2.10. The quantitative estimate of drug-likeness (QED) is 0.942. The van der Waals surface area contributed by atoms with Crippen molar-refractivity contribution in [3.63, 3.8) is 0 Å². The van der Waals surface area contributed by atoms with Gasteiger partial charge in [0.1, 0.15) is 11.6 Å². The lowest BCUT2D eigenvalue weighted by Gasteiger charge is -2.25. The van der Waals surface area contributed by atoms with E-state index in [-0.39, 0.29) is 17.9 Å². The van der Waals surface area contributed by atoms with Crippen molar-refractivity contribution in [2.45, 2.75) is 39.2 Å². The summed E-state index contributed by atoms with van der Waals surface area (Å²) >= 11 is 0. The number of ether oxygens (including phenoxy) is 1. The monoisotopic (exact) mass is 299 g/mol. The van der Waals surface area contributed by atoms with Gasteiger partial charge in [-0.1, -0.05) is 18.2 Å². The van der Waals surface area contributed by atoms with E-state index in [0.717, 1.165) is 22.7 Å². The molecule has 5 nitrogen and oxygen atoms in total. The van der Waals surface area contributed by atoms with E-state index in [2.05, 4.69) is 24.3 Å². The molecule has 1 aliphatic heterocycles. The van der Waals surface area contributed by atoms with Gasteiger partial charge in [-0.3, -0.25) is 4.79 Å². The van der Waals surface area contributed by atoms with Gasteiger partial charge in [0, 0.05) is 29.5 Å². The molecule has 1 atom stereocenters. The summed E-state index contributed by atoms with van der Waals surface area (Å²) in [7, 11) is 0. The second-order valence-corrected chi connectivity index (χ2v) is 5.76. The zero-order valence-electron chi connectivity index (χ0n) is 13.2. The van der Waals surface area contributed by atoms with Gasteiger partial charge in [0.25, 0.3) is 0 Å². The van der Waals surface area contributed by atoms with Crippen molar-refractivity contribution in [1.29, 1.82) is 0 Å². The van der Waals surface area contributed by atoms with Gasteiger partial charge in [-0.25, -0.2) is 4.68 Å². The first-order valence-corrected chi connectivity index (χ1v) is 7.70. The summed E-state index contributed by atoms with van der Waals surface area (Å²) in [5.74, 6) is 1.65.